The third-order valence-electron chi connectivity index (χ3n) is 4.67. The summed E-state index contributed by atoms with van der Waals surface area (Å²) in [6.45, 7) is 0. The predicted molar refractivity (Wildman–Crippen MR) is 102 cm³/mol. The van der Waals surface area contributed by atoms with Crippen LogP contribution in [0.3, 0.4) is 0 Å². The number of ether oxygens (including phenoxy) is 1. The van der Waals surface area contributed by atoms with E-state index in [0.717, 1.165) is 11.3 Å². The molecule has 6 nitrogen and oxygen atoms in total. The number of likely N-dealkylation sites (N-methyl/N-ethyl adjacent to an activating group) is 1. The Labute approximate surface area is 162 Å². The summed E-state index contributed by atoms with van der Waals surface area (Å²) in [5.74, 6) is -1.68. The molecule has 7 heteroatoms. The van der Waals surface area contributed by atoms with Crippen molar-refractivity contribution in [2.75, 3.05) is 19.1 Å². The summed E-state index contributed by atoms with van der Waals surface area (Å²) in [5, 5.41) is 3.18. The summed E-state index contributed by atoms with van der Waals surface area (Å²) in [7, 11) is 2.95. The molecule has 0 saturated carbocycles. The number of carbonyl (C=O) groups excluding carboxylic acids is 3. The van der Waals surface area contributed by atoms with Crippen molar-refractivity contribution in [3.05, 3.63) is 64.7 Å². The van der Waals surface area contributed by atoms with Gasteiger partial charge in [-0.25, -0.2) is 4.79 Å². The average molecular weight is 387 g/mol. The highest BCUT2D eigenvalue weighted by Crippen LogP contribution is 2.38. The second-order valence-corrected chi connectivity index (χ2v) is 6.74. The van der Waals surface area contributed by atoms with Gasteiger partial charge in [-0.15, -0.1) is 0 Å². The summed E-state index contributed by atoms with van der Waals surface area (Å²) in [4.78, 5) is 38.9. The maximum atomic E-state index is 12.6. The van der Waals surface area contributed by atoms with Gasteiger partial charge in [0.15, 0.2) is 0 Å². The third kappa shape index (κ3) is 3.80. The SMILES string of the molecule is COC(=O)C(CC1C(=O)N(C)c2ccccc21)NC(=O)c1ccc(Cl)cc1. The number of fused-ring (bicyclic) bond motifs is 1. The van der Waals surface area contributed by atoms with Crippen LogP contribution in [0, 0.1) is 0 Å². The van der Waals surface area contributed by atoms with E-state index < -0.39 is 23.8 Å². The number of methoxy groups -OCH3 is 1. The van der Waals surface area contributed by atoms with E-state index >= 15 is 0 Å². The monoisotopic (exact) mass is 386 g/mol. The zero-order valence-corrected chi connectivity index (χ0v) is 15.7. The van der Waals surface area contributed by atoms with Gasteiger partial charge in [-0.2, -0.15) is 0 Å². The fourth-order valence-electron chi connectivity index (χ4n) is 3.24. The van der Waals surface area contributed by atoms with Gasteiger partial charge < -0.3 is 15.0 Å². The van der Waals surface area contributed by atoms with E-state index in [-0.39, 0.29) is 12.3 Å². The van der Waals surface area contributed by atoms with E-state index in [4.69, 9.17) is 16.3 Å². The summed E-state index contributed by atoms with van der Waals surface area (Å²) >= 11 is 5.84. The van der Waals surface area contributed by atoms with E-state index in [0.29, 0.717) is 10.6 Å². The van der Waals surface area contributed by atoms with Gasteiger partial charge in [0.05, 0.1) is 13.0 Å². The topological polar surface area (TPSA) is 75.7 Å². The number of para-hydroxylation sites is 1. The van der Waals surface area contributed by atoms with Crippen molar-refractivity contribution in [1.82, 2.24) is 5.32 Å². The van der Waals surface area contributed by atoms with Crippen LogP contribution in [-0.4, -0.2) is 38.0 Å². The number of nitrogens with zero attached hydrogens (tertiary/aromatic N) is 1. The first kappa shape index (κ1) is 18.9. The van der Waals surface area contributed by atoms with Crippen molar-refractivity contribution in [2.45, 2.75) is 18.4 Å². The first-order valence-corrected chi connectivity index (χ1v) is 8.81. The Morgan fingerprint density at radius 3 is 2.52 bits per heavy atom. The molecule has 1 aliphatic heterocycles. The second kappa shape index (κ2) is 7.80. The van der Waals surface area contributed by atoms with Crippen molar-refractivity contribution < 1.29 is 19.1 Å². The Hall–Kier alpha value is -2.86. The number of halogens is 1. The Kier molecular flexibility index (Phi) is 5.46. The van der Waals surface area contributed by atoms with E-state index in [1.165, 1.54) is 7.11 Å². The molecule has 2 unspecified atom stereocenters. The highest BCUT2D eigenvalue weighted by Gasteiger charge is 2.38. The van der Waals surface area contributed by atoms with Crippen LogP contribution < -0.4 is 10.2 Å². The molecule has 0 saturated heterocycles. The first-order chi connectivity index (χ1) is 12.9. The Bertz CT molecular complexity index is 882. The maximum Gasteiger partial charge on any atom is 0.328 e. The number of anilines is 1. The molecule has 1 aliphatic rings. The third-order valence-corrected chi connectivity index (χ3v) is 4.92. The zero-order valence-electron chi connectivity index (χ0n) is 14.9. The summed E-state index contributed by atoms with van der Waals surface area (Å²) in [6.07, 6.45) is 0.117. The normalized spacial score (nSPS) is 16.6. The second-order valence-electron chi connectivity index (χ2n) is 6.30. The lowest BCUT2D eigenvalue weighted by Crippen LogP contribution is -2.43. The lowest BCUT2D eigenvalue weighted by atomic mass is 9.93. The molecule has 0 aliphatic carbocycles. The van der Waals surface area contributed by atoms with Crippen LogP contribution in [0.25, 0.3) is 0 Å². The molecule has 27 heavy (non-hydrogen) atoms. The van der Waals surface area contributed by atoms with E-state index in [9.17, 15) is 14.4 Å². The van der Waals surface area contributed by atoms with Crippen LogP contribution in [0.5, 0.6) is 0 Å². The molecule has 2 aromatic carbocycles. The zero-order chi connectivity index (χ0) is 19.6. The lowest BCUT2D eigenvalue weighted by Gasteiger charge is -2.20. The number of esters is 1. The van der Waals surface area contributed by atoms with E-state index in [1.807, 2.05) is 24.3 Å². The highest BCUT2D eigenvalue weighted by atomic mass is 35.5. The minimum absolute atomic E-state index is 0.117. The summed E-state index contributed by atoms with van der Waals surface area (Å²) < 4.78 is 4.83. The molecular weight excluding hydrogens is 368 g/mol. The number of rotatable bonds is 5. The van der Waals surface area contributed by atoms with Crippen LogP contribution in [0.4, 0.5) is 5.69 Å². The van der Waals surface area contributed by atoms with Crippen molar-refractivity contribution >= 4 is 35.1 Å². The highest BCUT2D eigenvalue weighted by molar-refractivity contribution is 6.30. The minimum atomic E-state index is -0.952. The molecular formula is C20H19ClN2O4. The molecule has 0 fully saturated rings. The predicted octanol–water partition coefficient (Wildman–Crippen LogP) is 2.76. The van der Waals surface area contributed by atoms with Crippen LogP contribution in [0.1, 0.15) is 28.3 Å². The molecule has 140 valence electrons. The first-order valence-electron chi connectivity index (χ1n) is 8.43. The minimum Gasteiger partial charge on any atom is -0.467 e. The maximum absolute atomic E-state index is 12.6. The van der Waals surface area contributed by atoms with Gasteiger partial charge in [-0.05, 0) is 42.3 Å². The van der Waals surface area contributed by atoms with Gasteiger partial charge in [0, 0.05) is 23.3 Å². The van der Waals surface area contributed by atoms with Crippen LogP contribution >= 0.6 is 11.6 Å². The number of hydrogen-bond acceptors (Lipinski definition) is 4. The molecule has 2 aromatic rings. The Morgan fingerprint density at radius 2 is 1.85 bits per heavy atom. The largest absolute Gasteiger partial charge is 0.467 e. The molecule has 0 bridgehead atoms. The smallest absolute Gasteiger partial charge is 0.328 e. The van der Waals surface area contributed by atoms with Gasteiger partial charge in [0.25, 0.3) is 5.91 Å². The fraction of sp³-hybridized carbons (Fsp3) is 0.250. The van der Waals surface area contributed by atoms with Crippen LogP contribution in [0.2, 0.25) is 5.02 Å². The van der Waals surface area contributed by atoms with E-state index in [2.05, 4.69) is 5.32 Å². The number of carbonyl (C=O) groups is 3. The molecule has 0 spiro atoms. The van der Waals surface area contributed by atoms with Gasteiger partial charge in [0.2, 0.25) is 5.91 Å². The molecule has 3 rings (SSSR count). The fourth-order valence-corrected chi connectivity index (χ4v) is 3.36. The van der Waals surface area contributed by atoms with Gasteiger partial charge >= 0.3 is 5.97 Å². The van der Waals surface area contributed by atoms with Crippen LogP contribution in [-0.2, 0) is 14.3 Å². The van der Waals surface area contributed by atoms with Crippen molar-refractivity contribution in [1.29, 1.82) is 0 Å². The molecule has 2 amide bonds. The van der Waals surface area contributed by atoms with Gasteiger partial charge in [-0.3, -0.25) is 9.59 Å². The molecule has 1 N–H and O–H groups in total. The Morgan fingerprint density at radius 1 is 1.19 bits per heavy atom. The van der Waals surface area contributed by atoms with Crippen molar-refractivity contribution in [2.24, 2.45) is 0 Å². The molecule has 0 aromatic heterocycles. The Balaban J connectivity index is 1.82. The quantitative estimate of drug-likeness (QED) is 0.802. The number of benzene rings is 2. The van der Waals surface area contributed by atoms with Crippen molar-refractivity contribution in [3.8, 4) is 0 Å². The summed E-state index contributed by atoms with van der Waals surface area (Å²) in [5.41, 5.74) is 2.00. The van der Waals surface area contributed by atoms with Crippen LogP contribution in [0.15, 0.2) is 48.5 Å². The molecule has 0 radical (unpaired) electrons. The molecule has 2 atom stereocenters. The number of amides is 2. The van der Waals surface area contributed by atoms with Gasteiger partial charge in [-0.1, -0.05) is 29.8 Å². The summed E-state index contributed by atoms with van der Waals surface area (Å²) in [6, 6.07) is 12.8. The number of hydrogen-bond donors (Lipinski definition) is 1. The molecule has 1 heterocycles. The number of nitrogens with one attached hydrogen (secondary N) is 1. The van der Waals surface area contributed by atoms with Gasteiger partial charge in [0.1, 0.15) is 6.04 Å². The standard InChI is InChI=1S/C20H19ClN2O4/c1-23-17-6-4-3-5-14(17)15(19(23)25)11-16(20(26)27-2)22-18(24)12-7-9-13(21)10-8-12/h3-10,15-16H,11H2,1-2H3,(H,22,24). The lowest BCUT2D eigenvalue weighted by molar-refractivity contribution is -0.143. The van der Waals surface area contributed by atoms with Crippen molar-refractivity contribution in [3.63, 3.8) is 0 Å². The average Bonchev–Trinajstić information content (AvgIpc) is 2.92. The van der Waals surface area contributed by atoms with E-state index in [1.54, 1.807) is 36.2 Å².